The molecule has 1 saturated heterocycles. The van der Waals surface area contributed by atoms with Crippen LogP contribution in [-0.4, -0.2) is 103 Å². The number of phosphoric acid groups is 3. The second-order valence-corrected chi connectivity index (χ2v) is 18.9. The minimum absolute atomic E-state index is 0.0204. The number of hydrogen-bond donors (Lipinski definition) is 5. The zero-order valence-corrected chi connectivity index (χ0v) is 35.8. The number of fused-ring (bicyclic) bond motifs is 1. The molecule has 2 unspecified atom stereocenters. The molecular weight excluding hydrogens is 867 g/mol. The molecule has 2 amide bonds. The Labute approximate surface area is 343 Å². The van der Waals surface area contributed by atoms with Crippen LogP contribution in [0.5, 0.6) is 0 Å². The molecule has 24 nitrogen and oxygen atoms in total. The van der Waals surface area contributed by atoms with E-state index in [1.807, 2.05) is 12.2 Å². The molecule has 7 atom stereocenters. The normalized spacial score (nSPS) is 21.3. The number of carbonyl (C=O) groups excluding carboxylic acids is 3. The van der Waals surface area contributed by atoms with Crippen LogP contribution in [0.2, 0.25) is 0 Å². The van der Waals surface area contributed by atoms with E-state index in [4.69, 9.17) is 10.5 Å². The van der Waals surface area contributed by atoms with Crippen LogP contribution in [0, 0.1) is 5.41 Å². The summed E-state index contributed by atoms with van der Waals surface area (Å²) in [6, 6.07) is 0. The number of anilines is 1. The first kappa shape index (κ1) is 50.7. The summed E-state index contributed by atoms with van der Waals surface area (Å²) in [6.07, 6.45) is 2.03. The Balaban J connectivity index is 1.43. The maximum atomic E-state index is 12.6. The third kappa shape index (κ3) is 16.9. The molecule has 0 radical (unpaired) electrons. The van der Waals surface area contributed by atoms with Gasteiger partial charge in [0.1, 0.15) is 36.3 Å². The van der Waals surface area contributed by atoms with Crippen LogP contribution in [0.4, 0.5) is 5.82 Å². The van der Waals surface area contributed by atoms with Gasteiger partial charge < -0.3 is 69.0 Å². The lowest BCUT2D eigenvalue weighted by Crippen LogP contribution is -2.46. The van der Waals surface area contributed by atoms with E-state index in [1.54, 1.807) is 0 Å². The standard InChI is InChI=1S/C31H52N7O17P3S/c1-4-5-6-7-8-9-10-11-22(40)59-15-14-33-21(39)12-13-34-29(43)26(42)31(2,3)17-52-58(49,50)55-57(47,48)51-16-20-25(54-56(44,45)46)24(41)30(53-20)38-19-37-23-27(32)35-18-36-28(23)38/h9-10,18-20,24-26,30,41-42H,4-8,11-17H2,1-3H3,(H,33,39)(H,34,43)(H,47,48)(H,49,50)(H2,32,35,36)(H2,44,45,46)/p-4/b10-9-/t20-,24-,25-,26+,30-/m1/s1. The van der Waals surface area contributed by atoms with Gasteiger partial charge in [-0.3, -0.25) is 28.1 Å². The number of allylic oxidation sites excluding steroid dienone is 2. The Morgan fingerprint density at radius 2 is 1.76 bits per heavy atom. The molecule has 1 aliphatic rings. The van der Waals surface area contributed by atoms with Crippen LogP contribution in [0.15, 0.2) is 24.8 Å². The summed E-state index contributed by atoms with van der Waals surface area (Å²) in [4.78, 5) is 96.2. The monoisotopic (exact) mass is 915 g/mol. The number of phosphoric ester groups is 3. The molecule has 0 aromatic carbocycles. The van der Waals surface area contributed by atoms with Crippen molar-refractivity contribution in [2.24, 2.45) is 5.41 Å². The topological polar surface area (TPSA) is 375 Å². The molecule has 28 heteroatoms. The average Bonchev–Trinajstić information content (AvgIpc) is 3.71. The highest BCUT2D eigenvalue weighted by molar-refractivity contribution is 8.13. The van der Waals surface area contributed by atoms with E-state index in [0.29, 0.717) is 12.2 Å². The minimum Gasteiger partial charge on any atom is -0.790 e. The first-order valence-corrected chi connectivity index (χ1v) is 23.5. The fraction of sp³-hybridized carbons (Fsp3) is 0.677. The lowest BCUT2D eigenvalue weighted by atomic mass is 9.87. The van der Waals surface area contributed by atoms with Crippen molar-refractivity contribution < 1.29 is 80.5 Å². The largest absolute Gasteiger partial charge is 0.790 e. The third-order valence-corrected chi connectivity index (χ3v) is 12.3. The Bertz CT molecular complexity index is 1900. The lowest BCUT2D eigenvalue weighted by Gasteiger charge is -2.36. The molecule has 0 aliphatic carbocycles. The van der Waals surface area contributed by atoms with Crippen molar-refractivity contribution in [1.82, 2.24) is 30.2 Å². The van der Waals surface area contributed by atoms with E-state index in [-0.39, 0.29) is 41.6 Å². The number of nitrogens with zero attached hydrogens (tertiary/aromatic N) is 4. The molecule has 0 bridgehead atoms. The number of nitrogen functional groups attached to an aromatic ring is 1. The molecule has 3 heterocycles. The number of ether oxygens (including phenoxy) is 1. The molecule has 2 aromatic rings. The van der Waals surface area contributed by atoms with Crippen molar-refractivity contribution in [2.45, 2.75) is 96.4 Å². The van der Waals surface area contributed by atoms with Crippen molar-refractivity contribution in [3.63, 3.8) is 0 Å². The average molecular weight is 916 g/mol. The predicted molar refractivity (Wildman–Crippen MR) is 201 cm³/mol. The number of carbonyl (C=O) groups is 3. The first-order chi connectivity index (χ1) is 27.6. The Morgan fingerprint density at radius 1 is 1.05 bits per heavy atom. The number of hydrogen-bond acceptors (Lipinski definition) is 22. The van der Waals surface area contributed by atoms with Crippen LogP contribution in [0.25, 0.3) is 11.2 Å². The molecule has 3 rings (SSSR count). The number of aliphatic hydroxyl groups is 2. The summed E-state index contributed by atoms with van der Waals surface area (Å²) in [5, 5.41) is 26.2. The van der Waals surface area contributed by atoms with Gasteiger partial charge in [0.15, 0.2) is 22.8 Å². The van der Waals surface area contributed by atoms with Crippen LogP contribution in [-0.2, 0) is 50.7 Å². The molecule has 6 N–H and O–H groups in total. The van der Waals surface area contributed by atoms with Gasteiger partial charge in [-0.25, -0.2) is 19.3 Å². The first-order valence-electron chi connectivity index (χ1n) is 18.2. The van der Waals surface area contributed by atoms with Crippen molar-refractivity contribution >= 4 is 69.1 Å². The number of nitrogens with one attached hydrogen (secondary N) is 2. The van der Waals surface area contributed by atoms with Gasteiger partial charge in [-0.1, -0.05) is 63.9 Å². The number of nitrogens with two attached hydrogens (primary N) is 1. The SMILES string of the molecule is CCCCCC/C=C\CC(=O)SCCNC(=O)CCNC(=O)[C@H](O)C(C)(C)COP(=O)([O-])OP(=O)([O-])OC[C@H]1O[C@@H](n2cnc3c(N)ncnc32)[C@H](O)[C@@H]1OP(=O)([O-])[O-]. The van der Waals surface area contributed by atoms with Crippen molar-refractivity contribution in [3.8, 4) is 0 Å². The van der Waals surface area contributed by atoms with E-state index >= 15 is 0 Å². The molecule has 334 valence electrons. The highest BCUT2D eigenvalue weighted by atomic mass is 32.2. The van der Waals surface area contributed by atoms with E-state index in [2.05, 4.69) is 50.4 Å². The quantitative estimate of drug-likeness (QED) is 0.0431. The Kier molecular flexibility index (Phi) is 19.7. The van der Waals surface area contributed by atoms with E-state index in [1.165, 1.54) is 20.3 Å². The summed E-state index contributed by atoms with van der Waals surface area (Å²) >= 11 is 1.08. The second kappa shape index (κ2) is 22.9. The van der Waals surface area contributed by atoms with Crippen LogP contribution in [0.3, 0.4) is 0 Å². The molecule has 0 saturated carbocycles. The number of aliphatic hydroxyl groups excluding tert-OH is 2. The third-order valence-electron chi connectivity index (χ3n) is 8.42. The van der Waals surface area contributed by atoms with Crippen molar-refractivity contribution in [1.29, 1.82) is 0 Å². The smallest absolute Gasteiger partial charge is 0.274 e. The van der Waals surface area contributed by atoms with Crippen LogP contribution >= 0.6 is 35.2 Å². The highest BCUT2D eigenvalue weighted by Crippen LogP contribution is 2.56. The van der Waals surface area contributed by atoms with Gasteiger partial charge in [0.25, 0.3) is 15.6 Å². The van der Waals surface area contributed by atoms with Gasteiger partial charge in [-0.2, -0.15) is 0 Å². The Hall–Kier alpha value is -2.70. The molecule has 59 heavy (non-hydrogen) atoms. The number of amides is 2. The molecular formula is C31H48N7O17P3S-4. The molecule has 0 spiro atoms. The van der Waals surface area contributed by atoms with Gasteiger partial charge in [-0.15, -0.1) is 0 Å². The lowest BCUT2D eigenvalue weighted by molar-refractivity contribution is -0.347. The fourth-order valence-corrected chi connectivity index (χ4v) is 8.70. The van der Waals surface area contributed by atoms with Gasteiger partial charge in [0.05, 0.1) is 27.4 Å². The van der Waals surface area contributed by atoms with Gasteiger partial charge in [0.2, 0.25) is 11.8 Å². The van der Waals surface area contributed by atoms with Gasteiger partial charge in [0, 0.05) is 37.1 Å². The zero-order valence-electron chi connectivity index (χ0n) is 32.3. The van der Waals surface area contributed by atoms with E-state index < -0.39 is 84.6 Å². The predicted octanol–water partition coefficient (Wildman–Crippen LogP) is -0.947. The molecule has 2 aromatic heterocycles. The van der Waals surface area contributed by atoms with Crippen LogP contribution in [0.1, 0.15) is 71.9 Å². The van der Waals surface area contributed by atoms with Gasteiger partial charge >= 0.3 is 0 Å². The maximum absolute atomic E-state index is 12.6. The number of rotatable bonds is 26. The molecule has 1 aliphatic heterocycles. The molecule has 1 fully saturated rings. The Morgan fingerprint density at radius 3 is 2.46 bits per heavy atom. The second-order valence-electron chi connectivity index (χ2n) is 13.7. The van der Waals surface area contributed by atoms with Crippen LogP contribution < -0.4 is 35.9 Å². The number of unbranched alkanes of at least 4 members (excludes halogenated alkanes) is 4. The van der Waals surface area contributed by atoms with Crippen molar-refractivity contribution in [3.05, 3.63) is 24.8 Å². The summed E-state index contributed by atoms with van der Waals surface area (Å²) in [6.45, 7) is 2.26. The summed E-state index contributed by atoms with van der Waals surface area (Å²) in [5.74, 6) is -1.19. The van der Waals surface area contributed by atoms with Gasteiger partial charge in [-0.05, 0) is 12.8 Å². The fourth-order valence-electron chi connectivity index (χ4n) is 5.32. The van der Waals surface area contributed by atoms with Crippen molar-refractivity contribution in [2.75, 3.05) is 37.8 Å². The summed E-state index contributed by atoms with van der Waals surface area (Å²) in [5.41, 5.74) is 4.08. The minimum atomic E-state index is -5.91. The number of thioether (sulfide) groups is 1. The highest BCUT2D eigenvalue weighted by Gasteiger charge is 2.47. The zero-order chi connectivity index (χ0) is 44.0. The maximum Gasteiger partial charge on any atom is 0.274 e. The van der Waals surface area contributed by atoms with E-state index in [0.717, 1.165) is 54.7 Å². The number of aromatic nitrogens is 4. The summed E-state index contributed by atoms with van der Waals surface area (Å²) in [7, 11) is -17.6. The summed E-state index contributed by atoms with van der Waals surface area (Å²) < 4.78 is 60.6. The number of imidazole rings is 1. The van der Waals surface area contributed by atoms with E-state index in [9.17, 15) is 57.9 Å².